The van der Waals surface area contributed by atoms with E-state index in [0.717, 1.165) is 29.4 Å². The fraction of sp³-hybridized carbons (Fsp3) is 0.211. The molecular formula is C19H20N6O. The SMILES string of the molecule is NCC1(Nc2ccc(C(N)=O)c(Nc3ccc4ncccc4c3)n2)CC1. The van der Waals surface area contributed by atoms with Crippen molar-refractivity contribution in [2.75, 3.05) is 17.2 Å². The molecule has 132 valence electrons. The first kappa shape index (κ1) is 16.3. The number of carbonyl (C=O) groups is 1. The van der Waals surface area contributed by atoms with Crippen LogP contribution in [0.2, 0.25) is 0 Å². The standard InChI is InChI=1S/C19H20N6O/c20-11-19(7-8-19)25-16-6-4-14(17(21)26)18(24-16)23-13-3-5-15-12(10-13)2-1-9-22-15/h1-6,9-10H,7-8,11,20H2,(H2,21,26)(H2,23,24,25). The highest BCUT2D eigenvalue weighted by Gasteiger charge is 2.41. The van der Waals surface area contributed by atoms with E-state index in [1.54, 1.807) is 18.3 Å². The van der Waals surface area contributed by atoms with Crippen molar-refractivity contribution in [3.8, 4) is 0 Å². The Morgan fingerprint density at radius 2 is 2.04 bits per heavy atom. The van der Waals surface area contributed by atoms with Crippen LogP contribution in [0, 0.1) is 0 Å². The summed E-state index contributed by atoms with van der Waals surface area (Å²) in [5, 5.41) is 7.56. The smallest absolute Gasteiger partial charge is 0.252 e. The second-order valence-corrected chi connectivity index (χ2v) is 6.60. The molecule has 1 aliphatic carbocycles. The minimum Gasteiger partial charge on any atom is -0.365 e. The summed E-state index contributed by atoms with van der Waals surface area (Å²) < 4.78 is 0. The molecule has 2 aromatic heterocycles. The minimum atomic E-state index is -0.533. The van der Waals surface area contributed by atoms with Crippen LogP contribution in [-0.2, 0) is 0 Å². The summed E-state index contributed by atoms with van der Waals surface area (Å²) in [6.07, 6.45) is 3.79. The number of pyridine rings is 2. The van der Waals surface area contributed by atoms with Crippen LogP contribution in [0.4, 0.5) is 17.3 Å². The van der Waals surface area contributed by atoms with Gasteiger partial charge in [0.15, 0.2) is 0 Å². The first-order valence-corrected chi connectivity index (χ1v) is 8.49. The van der Waals surface area contributed by atoms with Gasteiger partial charge in [0.05, 0.1) is 16.6 Å². The molecule has 1 saturated carbocycles. The molecule has 7 nitrogen and oxygen atoms in total. The minimum absolute atomic E-state index is 0.0763. The van der Waals surface area contributed by atoms with Gasteiger partial charge in [-0.25, -0.2) is 4.98 Å². The Morgan fingerprint density at radius 1 is 1.19 bits per heavy atom. The van der Waals surface area contributed by atoms with Crippen molar-refractivity contribution in [1.82, 2.24) is 9.97 Å². The molecule has 7 heteroatoms. The van der Waals surface area contributed by atoms with Crippen LogP contribution in [0.1, 0.15) is 23.2 Å². The van der Waals surface area contributed by atoms with Crippen LogP contribution in [0.25, 0.3) is 10.9 Å². The van der Waals surface area contributed by atoms with Crippen LogP contribution in [0.15, 0.2) is 48.7 Å². The van der Waals surface area contributed by atoms with Crippen LogP contribution in [0.3, 0.4) is 0 Å². The lowest BCUT2D eigenvalue weighted by atomic mass is 10.2. The maximum absolute atomic E-state index is 11.8. The molecule has 0 atom stereocenters. The van der Waals surface area contributed by atoms with Gasteiger partial charge in [0, 0.05) is 23.8 Å². The Labute approximate surface area is 150 Å². The molecule has 26 heavy (non-hydrogen) atoms. The monoisotopic (exact) mass is 348 g/mol. The zero-order chi connectivity index (χ0) is 18.1. The predicted molar refractivity (Wildman–Crippen MR) is 102 cm³/mol. The van der Waals surface area contributed by atoms with E-state index >= 15 is 0 Å². The van der Waals surface area contributed by atoms with Gasteiger partial charge in [0.2, 0.25) is 0 Å². The number of nitrogens with zero attached hydrogens (tertiary/aromatic N) is 2. The van der Waals surface area contributed by atoms with E-state index in [-0.39, 0.29) is 5.54 Å². The number of nitrogens with two attached hydrogens (primary N) is 2. The van der Waals surface area contributed by atoms with Gasteiger partial charge >= 0.3 is 0 Å². The maximum Gasteiger partial charge on any atom is 0.252 e. The lowest BCUT2D eigenvalue weighted by molar-refractivity contribution is 0.100. The highest BCUT2D eigenvalue weighted by molar-refractivity contribution is 5.98. The third-order valence-electron chi connectivity index (χ3n) is 4.66. The van der Waals surface area contributed by atoms with Crippen molar-refractivity contribution < 1.29 is 4.79 Å². The number of benzene rings is 1. The first-order valence-electron chi connectivity index (χ1n) is 8.49. The normalized spacial score (nSPS) is 14.8. The summed E-state index contributed by atoms with van der Waals surface area (Å²) in [6, 6.07) is 13.1. The summed E-state index contributed by atoms with van der Waals surface area (Å²) in [5.41, 5.74) is 13.3. The summed E-state index contributed by atoms with van der Waals surface area (Å²) in [4.78, 5) is 20.6. The molecule has 0 spiro atoms. The van der Waals surface area contributed by atoms with Crippen molar-refractivity contribution in [3.63, 3.8) is 0 Å². The Bertz CT molecular complexity index is 983. The average molecular weight is 348 g/mol. The fourth-order valence-corrected chi connectivity index (χ4v) is 2.92. The van der Waals surface area contributed by atoms with Crippen molar-refractivity contribution in [2.24, 2.45) is 11.5 Å². The van der Waals surface area contributed by atoms with E-state index in [4.69, 9.17) is 11.5 Å². The Hall–Kier alpha value is -3.19. The van der Waals surface area contributed by atoms with Crippen molar-refractivity contribution >= 4 is 34.1 Å². The first-order chi connectivity index (χ1) is 12.6. The van der Waals surface area contributed by atoms with Gasteiger partial charge in [-0.05, 0) is 49.2 Å². The van der Waals surface area contributed by atoms with E-state index in [9.17, 15) is 4.79 Å². The second-order valence-electron chi connectivity index (χ2n) is 6.60. The molecule has 3 aromatic rings. The fourth-order valence-electron chi connectivity index (χ4n) is 2.92. The Balaban J connectivity index is 1.67. The van der Waals surface area contributed by atoms with E-state index in [1.807, 2.05) is 30.3 Å². The molecule has 6 N–H and O–H groups in total. The van der Waals surface area contributed by atoms with E-state index in [0.29, 0.717) is 23.7 Å². The van der Waals surface area contributed by atoms with Crippen LogP contribution < -0.4 is 22.1 Å². The third kappa shape index (κ3) is 3.16. The molecule has 2 heterocycles. The molecule has 1 aliphatic rings. The number of carbonyl (C=O) groups excluding carboxylic acids is 1. The van der Waals surface area contributed by atoms with E-state index < -0.39 is 5.91 Å². The summed E-state index contributed by atoms with van der Waals surface area (Å²) in [7, 11) is 0. The molecule has 0 radical (unpaired) electrons. The number of nitrogens with one attached hydrogen (secondary N) is 2. The predicted octanol–water partition coefficient (Wildman–Crippen LogP) is 2.38. The number of rotatable bonds is 6. The highest BCUT2D eigenvalue weighted by Crippen LogP contribution is 2.37. The van der Waals surface area contributed by atoms with E-state index in [2.05, 4.69) is 20.6 Å². The molecule has 1 fully saturated rings. The molecule has 0 aliphatic heterocycles. The Kier molecular flexibility index (Phi) is 3.93. The number of amides is 1. The van der Waals surface area contributed by atoms with Crippen molar-refractivity contribution in [3.05, 3.63) is 54.2 Å². The lowest BCUT2D eigenvalue weighted by Crippen LogP contribution is -2.31. The summed E-state index contributed by atoms with van der Waals surface area (Å²) >= 11 is 0. The maximum atomic E-state index is 11.8. The van der Waals surface area contributed by atoms with Gasteiger partial charge in [0.25, 0.3) is 5.91 Å². The molecule has 0 unspecified atom stereocenters. The van der Waals surface area contributed by atoms with E-state index in [1.165, 1.54) is 0 Å². The summed E-state index contributed by atoms with van der Waals surface area (Å²) in [5.74, 6) is 0.551. The van der Waals surface area contributed by atoms with Crippen LogP contribution in [0.5, 0.6) is 0 Å². The van der Waals surface area contributed by atoms with Crippen LogP contribution >= 0.6 is 0 Å². The largest absolute Gasteiger partial charge is 0.365 e. The van der Waals surface area contributed by atoms with Gasteiger partial charge in [-0.2, -0.15) is 0 Å². The zero-order valence-corrected chi connectivity index (χ0v) is 14.2. The molecule has 4 rings (SSSR count). The van der Waals surface area contributed by atoms with Gasteiger partial charge < -0.3 is 22.1 Å². The number of anilines is 3. The average Bonchev–Trinajstić information content (AvgIpc) is 3.41. The number of fused-ring (bicyclic) bond motifs is 1. The second kappa shape index (κ2) is 6.27. The molecule has 0 saturated heterocycles. The van der Waals surface area contributed by atoms with Gasteiger partial charge in [-0.15, -0.1) is 0 Å². The van der Waals surface area contributed by atoms with Gasteiger partial charge in [-0.1, -0.05) is 6.07 Å². The molecular weight excluding hydrogens is 328 g/mol. The topological polar surface area (TPSA) is 119 Å². The number of hydrogen-bond donors (Lipinski definition) is 4. The number of aromatic nitrogens is 2. The third-order valence-corrected chi connectivity index (χ3v) is 4.66. The number of primary amides is 1. The summed E-state index contributed by atoms with van der Waals surface area (Å²) in [6.45, 7) is 0.548. The van der Waals surface area contributed by atoms with Gasteiger partial charge in [0.1, 0.15) is 11.6 Å². The zero-order valence-electron chi connectivity index (χ0n) is 14.2. The Morgan fingerprint density at radius 3 is 2.77 bits per heavy atom. The lowest BCUT2D eigenvalue weighted by Gasteiger charge is -2.17. The van der Waals surface area contributed by atoms with Crippen molar-refractivity contribution in [2.45, 2.75) is 18.4 Å². The molecule has 0 bridgehead atoms. The highest BCUT2D eigenvalue weighted by atomic mass is 16.1. The van der Waals surface area contributed by atoms with Gasteiger partial charge in [-0.3, -0.25) is 9.78 Å². The molecule has 1 aromatic carbocycles. The van der Waals surface area contributed by atoms with Crippen molar-refractivity contribution in [1.29, 1.82) is 0 Å². The van der Waals surface area contributed by atoms with Crippen LogP contribution in [-0.4, -0.2) is 28.0 Å². The number of hydrogen-bond acceptors (Lipinski definition) is 6. The molecule has 1 amide bonds. The quantitative estimate of drug-likeness (QED) is 0.543.